The van der Waals surface area contributed by atoms with Gasteiger partial charge in [-0.15, -0.1) is 21.9 Å². The summed E-state index contributed by atoms with van der Waals surface area (Å²) in [4.78, 5) is 25.6. The van der Waals surface area contributed by atoms with Gasteiger partial charge in [0.1, 0.15) is 52.7 Å². The second kappa shape index (κ2) is 19.3. The molecule has 0 radical (unpaired) electrons. The lowest BCUT2D eigenvalue weighted by Crippen LogP contribution is -3.61. The average molecular weight is 1110 g/mol. The van der Waals surface area contributed by atoms with Crippen molar-refractivity contribution >= 4 is 62.2 Å². The van der Waals surface area contributed by atoms with E-state index in [0.717, 1.165) is 9.75 Å². The van der Waals surface area contributed by atoms with Crippen LogP contribution in [0, 0.1) is 134 Å². The first-order chi connectivity index (χ1) is 30.6. The Morgan fingerprint density at radius 2 is 0.530 bits per heavy atom. The van der Waals surface area contributed by atoms with Crippen molar-refractivity contribution in [2.24, 2.45) is 11.8 Å². The number of carbonyl (C=O) groups is 2. The van der Waals surface area contributed by atoms with Gasteiger partial charge in [0, 0.05) is 24.0 Å². The second-order valence-electron chi connectivity index (χ2n) is 14.1. The summed E-state index contributed by atoms with van der Waals surface area (Å²) in [7, 11) is 0. The van der Waals surface area contributed by atoms with E-state index < -0.39 is 144 Å². The summed E-state index contributed by atoms with van der Waals surface area (Å²) in [5, 5.41) is 0. The molecule has 6 aromatic rings. The van der Waals surface area contributed by atoms with Crippen molar-refractivity contribution in [2.75, 3.05) is 0 Å². The van der Waals surface area contributed by atoms with Crippen LogP contribution in [0.2, 0.25) is 0 Å². The standard InChI is InChI=1S/C24BF20.C16H18IO2S2/c26-5-1(6(27)14(35)21(42)13(5)34)25(2-7(28)15(36)22(43)16(37)8(2)29,3-9(30)17(38)23(44)18(39)10(3)31)4-11(32)19(40)24(45)20(41)12(4)33;1-9(2)15(18)11-5-7-13(20-11)17-14-8-6-12(21-14)16(19)10(3)4/h;5-10H,1-4H3/q-1;+1. The van der Waals surface area contributed by atoms with Crippen molar-refractivity contribution in [1.82, 2.24) is 0 Å². The summed E-state index contributed by atoms with van der Waals surface area (Å²) in [6.45, 7) is 7.72. The fourth-order valence-electron chi connectivity index (χ4n) is 6.53. The lowest BCUT2D eigenvalue weighted by atomic mass is 9.12. The van der Waals surface area contributed by atoms with Gasteiger partial charge in [-0.05, 0) is 12.1 Å². The van der Waals surface area contributed by atoms with Gasteiger partial charge in [0.25, 0.3) is 0 Å². The molecule has 0 aliphatic carbocycles. The molecular formula is C40H18BF20IO2S2. The Bertz CT molecular complexity index is 2530. The van der Waals surface area contributed by atoms with Gasteiger partial charge in [-0.1, -0.05) is 50.4 Å². The Kier molecular flexibility index (Phi) is 15.2. The number of Topliss-reactive ketones (excluding diaryl/α,β-unsaturated/α-hetero) is 2. The maximum absolute atomic E-state index is 15.4. The van der Waals surface area contributed by atoms with Crippen molar-refractivity contribution < 1.29 is 119 Å². The third-order valence-corrected chi connectivity index (χ3v) is 15.5. The smallest absolute Gasteiger partial charge is 0.293 e. The van der Waals surface area contributed by atoms with E-state index in [9.17, 15) is 62.3 Å². The van der Waals surface area contributed by atoms with E-state index in [2.05, 4.69) is 12.1 Å². The van der Waals surface area contributed by atoms with Crippen LogP contribution >= 0.6 is 22.7 Å². The summed E-state index contributed by atoms with van der Waals surface area (Å²) in [6, 6.07) is 8.01. The molecule has 0 saturated carbocycles. The lowest BCUT2D eigenvalue weighted by Gasteiger charge is -2.44. The minimum atomic E-state index is -7.22. The van der Waals surface area contributed by atoms with Gasteiger partial charge >= 0.3 is 21.2 Å². The number of carbonyl (C=O) groups excluding carboxylic acids is 2. The molecule has 0 saturated heterocycles. The molecule has 352 valence electrons. The summed E-state index contributed by atoms with van der Waals surface area (Å²) >= 11 is 2.93. The number of halogens is 21. The zero-order chi connectivity index (χ0) is 49.9. The van der Waals surface area contributed by atoms with E-state index in [1.165, 1.54) is 5.77 Å². The van der Waals surface area contributed by atoms with E-state index in [1.807, 2.05) is 39.8 Å². The van der Waals surface area contributed by atoms with E-state index in [4.69, 9.17) is 0 Å². The van der Waals surface area contributed by atoms with Gasteiger partial charge in [0.05, 0.1) is 9.75 Å². The quantitative estimate of drug-likeness (QED) is 0.0357. The molecular weight excluding hydrogens is 1090 g/mol. The zero-order valence-corrected chi connectivity index (χ0v) is 36.4. The Balaban J connectivity index is 0.000000324. The molecule has 0 aliphatic rings. The van der Waals surface area contributed by atoms with E-state index in [0.29, 0.717) is 0 Å². The van der Waals surface area contributed by atoms with Gasteiger partial charge in [-0.25, -0.2) is 87.8 Å². The molecule has 66 heavy (non-hydrogen) atoms. The van der Waals surface area contributed by atoms with Crippen molar-refractivity contribution in [3.63, 3.8) is 0 Å². The summed E-state index contributed by atoms with van der Waals surface area (Å²) in [5.41, 5.74) is -14.3. The molecule has 0 aliphatic heterocycles. The summed E-state index contributed by atoms with van der Waals surface area (Å²) in [6.07, 6.45) is -7.22. The molecule has 26 heteroatoms. The highest BCUT2D eigenvalue weighted by Crippen LogP contribution is 2.31. The molecule has 0 unspecified atom stereocenters. The number of rotatable bonds is 10. The van der Waals surface area contributed by atoms with Gasteiger partial charge in [0.15, 0.2) is 81.4 Å². The SMILES string of the molecule is CC(C)C(=O)c1ccc([I+]c2ccc(C(=O)C(C)C)s2)s1.Fc1c(F)c(F)c([B-](c2c(F)c(F)c(F)c(F)c2F)(c2c(F)c(F)c(F)c(F)c2F)c2c(F)c(F)c(F)c(F)c2F)c(F)c1F. The molecule has 0 N–H and O–H groups in total. The number of hydrogen-bond donors (Lipinski definition) is 0. The highest BCUT2D eigenvalue weighted by atomic mass is 127. The molecule has 0 fully saturated rings. The maximum atomic E-state index is 15.4. The highest BCUT2D eigenvalue weighted by Gasteiger charge is 2.52. The molecule has 2 nitrogen and oxygen atoms in total. The Morgan fingerprint density at radius 1 is 0.348 bits per heavy atom. The van der Waals surface area contributed by atoms with Crippen molar-refractivity contribution in [3.05, 3.63) is 156 Å². The van der Waals surface area contributed by atoms with E-state index in [1.54, 1.807) is 22.7 Å². The fourth-order valence-corrected chi connectivity index (χ4v) is 13.0. The Labute approximate surface area is 375 Å². The number of hydrogen-bond acceptors (Lipinski definition) is 4. The van der Waals surface area contributed by atoms with Crippen LogP contribution in [0.5, 0.6) is 0 Å². The molecule has 0 bridgehead atoms. The minimum absolute atomic E-state index is 0.0479. The van der Waals surface area contributed by atoms with Crippen LogP contribution in [-0.4, -0.2) is 17.7 Å². The monoisotopic (exact) mass is 1110 g/mol. The van der Waals surface area contributed by atoms with Gasteiger partial charge in [0.2, 0.25) is 5.77 Å². The summed E-state index contributed by atoms with van der Waals surface area (Å²) in [5.74, 6) is -70.9. The minimum Gasteiger partial charge on any atom is -0.293 e. The molecule has 0 amide bonds. The molecule has 2 aromatic heterocycles. The predicted molar refractivity (Wildman–Crippen MR) is 194 cm³/mol. The third-order valence-electron chi connectivity index (χ3n) is 9.57. The van der Waals surface area contributed by atoms with Crippen molar-refractivity contribution in [3.8, 4) is 0 Å². The van der Waals surface area contributed by atoms with Gasteiger partial charge in [-0.3, -0.25) is 9.59 Å². The van der Waals surface area contributed by atoms with Crippen molar-refractivity contribution in [2.45, 2.75) is 27.7 Å². The molecule has 0 spiro atoms. The maximum Gasteiger partial charge on any atom is 0.381 e. The predicted octanol–water partition coefficient (Wildman–Crippen LogP) is 7.46. The molecule has 4 aromatic carbocycles. The third kappa shape index (κ3) is 8.48. The van der Waals surface area contributed by atoms with Crippen LogP contribution in [0.4, 0.5) is 87.8 Å². The summed E-state index contributed by atoms with van der Waals surface area (Å²) < 4.78 is 297. The first-order valence-electron chi connectivity index (χ1n) is 17.7. The van der Waals surface area contributed by atoms with E-state index >= 15 is 35.1 Å². The highest BCUT2D eigenvalue weighted by molar-refractivity contribution is 7.20. The van der Waals surface area contributed by atoms with Crippen LogP contribution in [0.1, 0.15) is 47.0 Å². The fraction of sp³-hybridized carbons (Fsp3) is 0.150. The zero-order valence-electron chi connectivity index (χ0n) is 32.6. The normalized spacial score (nSPS) is 11.8. The number of benzene rings is 4. The van der Waals surface area contributed by atoms with E-state index in [-0.39, 0.29) is 44.6 Å². The molecule has 6 rings (SSSR count). The Hall–Kier alpha value is -4.99. The lowest BCUT2D eigenvalue weighted by molar-refractivity contribution is -0.585. The topological polar surface area (TPSA) is 34.1 Å². The average Bonchev–Trinajstić information content (AvgIpc) is 3.96. The second-order valence-corrected chi connectivity index (χ2v) is 20.6. The molecule has 2 heterocycles. The molecule has 0 atom stereocenters. The first-order valence-corrected chi connectivity index (χ1v) is 21.5. The number of ketones is 2. The number of thiophene rings is 2. The van der Waals surface area contributed by atoms with Crippen LogP contribution in [0.15, 0.2) is 24.3 Å². The van der Waals surface area contributed by atoms with Gasteiger partial charge in [-0.2, -0.15) is 0 Å². The van der Waals surface area contributed by atoms with Crippen LogP contribution in [0.25, 0.3) is 0 Å². The van der Waals surface area contributed by atoms with Crippen LogP contribution < -0.4 is 43.1 Å². The first kappa shape index (κ1) is 52.0. The largest absolute Gasteiger partial charge is 0.381 e. The van der Waals surface area contributed by atoms with Gasteiger partial charge < -0.3 is 0 Å². The van der Waals surface area contributed by atoms with Crippen LogP contribution in [-0.2, 0) is 0 Å². The van der Waals surface area contributed by atoms with Crippen molar-refractivity contribution in [1.29, 1.82) is 0 Å². The van der Waals surface area contributed by atoms with Crippen LogP contribution in [0.3, 0.4) is 0 Å². The Morgan fingerprint density at radius 3 is 0.712 bits per heavy atom.